The lowest BCUT2D eigenvalue weighted by molar-refractivity contribution is 0.295. The van der Waals surface area contributed by atoms with E-state index in [0.717, 1.165) is 75.1 Å². The lowest BCUT2D eigenvalue weighted by atomic mass is 10.1. The molecule has 1 atom stereocenters. The second kappa shape index (κ2) is 6.81. The van der Waals surface area contributed by atoms with Gasteiger partial charge in [0.1, 0.15) is 11.6 Å². The maximum absolute atomic E-state index is 5.91. The lowest BCUT2D eigenvalue weighted by Crippen LogP contribution is -2.37. The number of hydrogen-bond acceptors (Lipinski definition) is 5. The highest BCUT2D eigenvalue weighted by Gasteiger charge is 2.22. The van der Waals surface area contributed by atoms with Crippen molar-refractivity contribution in [3.8, 4) is 11.5 Å². The van der Waals surface area contributed by atoms with Crippen LogP contribution >= 0.6 is 0 Å². The fourth-order valence-electron chi connectivity index (χ4n) is 3.46. The van der Waals surface area contributed by atoms with Gasteiger partial charge in [0.15, 0.2) is 11.5 Å². The minimum atomic E-state index is 0.432. The molecule has 0 spiro atoms. The van der Waals surface area contributed by atoms with Crippen molar-refractivity contribution in [2.45, 2.75) is 51.7 Å². The van der Waals surface area contributed by atoms with E-state index in [-0.39, 0.29) is 0 Å². The Morgan fingerprint density at radius 2 is 2.17 bits per heavy atom. The molecule has 2 aromatic rings. The van der Waals surface area contributed by atoms with Crippen LogP contribution in [0.25, 0.3) is 0 Å². The zero-order valence-electron chi connectivity index (χ0n) is 14.1. The molecule has 2 aliphatic heterocycles. The molecule has 0 bridgehead atoms. The number of fused-ring (bicyclic) bond motifs is 2. The first-order valence-corrected chi connectivity index (χ1v) is 8.87. The SMILES string of the molecule is CCc1nnc2n1C[C@H](NCc1cccc3c1OCCCO3)CC2. The zero-order chi connectivity index (χ0) is 16.4. The molecule has 0 radical (unpaired) electrons. The summed E-state index contributed by atoms with van der Waals surface area (Å²) in [7, 11) is 0. The van der Waals surface area contributed by atoms with E-state index in [0.29, 0.717) is 6.04 Å². The quantitative estimate of drug-likeness (QED) is 0.931. The summed E-state index contributed by atoms with van der Waals surface area (Å²) in [5.74, 6) is 3.97. The van der Waals surface area contributed by atoms with E-state index in [1.54, 1.807) is 0 Å². The molecule has 24 heavy (non-hydrogen) atoms. The molecule has 2 aliphatic rings. The molecule has 0 saturated carbocycles. The van der Waals surface area contributed by atoms with Crippen molar-refractivity contribution >= 4 is 0 Å². The summed E-state index contributed by atoms with van der Waals surface area (Å²) in [4.78, 5) is 0. The van der Waals surface area contributed by atoms with E-state index in [1.807, 2.05) is 12.1 Å². The smallest absolute Gasteiger partial charge is 0.165 e. The maximum Gasteiger partial charge on any atom is 0.165 e. The summed E-state index contributed by atoms with van der Waals surface area (Å²) in [6.07, 6.45) is 3.93. The van der Waals surface area contributed by atoms with E-state index < -0.39 is 0 Å². The predicted molar refractivity (Wildman–Crippen MR) is 90.4 cm³/mol. The number of aromatic nitrogens is 3. The van der Waals surface area contributed by atoms with Crippen molar-refractivity contribution in [1.82, 2.24) is 20.1 Å². The summed E-state index contributed by atoms with van der Waals surface area (Å²) >= 11 is 0. The molecule has 0 aliphatic carbocycles. The van der Waals surface area contributed by atoms with E-state index in [4.69, 9.17) is 9.47 Å². The van der Waals surface area contributed by atoms with Gasteiger partial charge in [-0.2, -0.15) is 0 Å². The number of nitrogens with zero attached hydrogens (tertiary/aromatic N) is 3. The van der Waals surface area contributed by atoms with Crippen LogP contribution in [-0.4, -0.2) is 34.0 Å². The minimum absolute atomic E-state index is 0.432. The Balaban J connectivity index is 1.45. The molecule has 1 N–H and O–H groups in total. The number of hydrogen-bond donors (Lipinski definition) is 1. The summed E-state index contributed by atoms with van der Waals surface area (Å²) in [5, 5.41) is 12.3. The highest BCUT2D eigenvalue weighted by molar-refractivity contribution is 5.47. The van der Waals surface area contributed by atoms with Crippen LogP contribution in [0, 0.1) is 0 Å². The number of nitrogens with one attached hydrogen (secondary N) is 1. The van der Waals surface area contributed by atoms with Crippen molar-refractivity contribution < 1.29 is 9.47 Å². The van der Waals surface area contributed by atoms with Crippen LogP contribution in [0.1, 0.15) is 37.0 Å². The van der Waals surface area contributed by atoms with Gasteiger partial charge >= 0.3 is 0 Å². The van der Waals surface area contributed by atoms with E-state index in [9.17, 15) is 0 Å². The van der Waals surface area contributed by atoms with Crippen LogP contribution in [0.2, 0.25) is 0 Å². The van der Waals surface area contributed by atoms with Crippen molar-refractivity contribution in [3.05, 3.63) is 35.4 Å². The van der Waals surface area contributed by atoms with Crippen molar-refractivity contribution in [2.24, 2.45) is 0 Å². The van der Waals surface area contributed by atoms with Gasteiger partial charge in [0.05, 0.1) is 13.2 Å². The number of aryl methyl sites for hydroxylation is 2. The van der Waals surface area contributed by atoms with Crippen molar-refractivity contribution in [1.29, 1.82) is 0 Å². The van der Waals surface area contributed by atoms with Crippen LogP contribution in [0.3, 0.4) is 0 Å². The summed E-state index contributed by atoms with van der Waals surface area (Å²) in [5.41, 5.74) is 1.17. The molecule has 0 saturated heterocycles. The number of para-hydroxylation sites is 1. The molecular formula is C18H24N4O2. The predicted octanol–water partition coefficient (Wildman–Crippen LogP) is 2.11. The van der Waals surface area contributed by atoms with E-state index in [1.165, 1.54) is 5.56 Å². The molecule has 0 unspecified atom stereocenters. The minimum Gasteiger partial charge on any atom is -0.490 e. The summed E-state index contributed by atoms with van der Waals surface area (Å²) < 4.78 is 14.0. The Morgan fingerprint density at radius 1 is 1.25 bits per heavy atom. The molecular weight excluding hydrogens is 304 g/mol. The summed E-state index contributed by atoms with van der Waals surface area (Å²) in [6, 6.07) is 6.58. The van der Waals surface area contributed by atoms with E-state index >= 15 is 0 Å². The fourth-order valence-corrected chi connectivity index (χ4v) is 3.46. The van der Waals surface area contributed by atoms with Crippen molar-refractivity contribution in [2.75, 3.05) is 13.2 Å². The molecule has 1 aromatic heterocycles. The molecule has 3 heterocycles. The largest absolute Gasteiger partial charge is 0.490 e. The summed E-state index contributed by atoms with van der Waals surface area (Å²) in [6.45, 7) is 5.30. The molecule has 128 valence electrons. The molecule has 6 heteroatoms. The molecule has 0 amide bonds. The van der Waals surface area contributed by atoms with Gasteiger partial charge in [0.2, 0.25) is 0 Å². The van der Waals surface area contributed by atoms with Gasteiger partial charge in [0, 0.05) is 44.0 Å². The first-order valence-electron chi connectivity index (χ1n) is 8.87. The second-order valence-electron chi connectivity index (χ2n) is 6.41. The normalized spacial score (nSPS) is 19.6. The van der Waals surface area contributed by atoms with Gasteiger partial charge < -0.3 is 19.4 Å². The van der Waals surface area contributed by atoms with Gasteiger partial charge in [-0.1, -0.05) is 19.1 Å². The molecule has 4 rings (SSSR count). The van der Waals surface area contributed by atoms with Gasteiger partial charge in [0.25, 0.3) is 0 Å². The van der Waals surface area contributed by atoms with Crippen molar-refractivity contribution in [3.63, 3.8) is 0 Å². The van der Waals surface area contributed by atoms with Crippen LogP contribution in [0.15, 0.2) is 18.2 Å². The standard InChI is InChI=1S/C18H24N4O2/c1-2-16-20-21-17-8-7-14(12-22(16)17)19-11-13-5-3-6-15-18(13)24-10-4-9-23-15/h3,5-6,14,19H,2,4,7-12H2,1H3/t14-/m1/s1. The van der Waals surface area contributed by atoms with Crippen LogP contribution in [-0.2, 0) is 25.9 Å². The number of ether oxygens (including phenoxy) is 2. The first-order chi connectivity index (χ1) is 11.8. The third-order valence-corrected chi connectivity index (χ3v) is 4.77. The van der Waals surface area contributed by atoms with Gasteiger partial charge in [-0.15, -0.1) is 10.2 Å². The van der Waals surface area contributed by atoms with Gasteiger partial charge in [-0.05, 0) is 12.5 Å². The number of benzene rings is 1. The Morgan fingerprint density at radius 3 is 3.08 bits per heavy atom. The zero-order valence-corrected chi connectivity index (χ0v) is 14.1. The molecule has 0 fully saturated rings. The van der Waals surface area contributed by atoms with Gasteiger partial charge in [-0.3, -0.25) is 0 Å². The third-order valence-electron chi connectivity index (χ3n) is 4.77. The average Bonchev–Trinajstić information content (AvgIpc) is 2.86. The Hall–Kier alpha value is -2.08. The maximum atomic E-state index is 5.91. The second-order valence-corrected chi connectivity index (χ2v) is 6.41. The highest BCUT2D eigenvalue weighted by atomic mass is 16.5. The lowest BCUT2D eigenvalue weighted by Gasteiger charge is -2.25. The monoisotopic (exact) mass is 328 g/mol. The van der Waals surface area contributed by atoms with Crippen LogP contribution in [0.5, 0.6) is 11.5 Å². The van der Waals surface area contributed by atoms with Gasteiger partial charge in [-0.25, -0.2) is 0 Å². The first kappa shape index (κ1) is 15.4. The molecule has 6 nitrogen and oxygen atoms in total. The van der Waals surface area contributed by atoms with Crippen LogP contribution in [0.4, 0.5) is 0 Å². The number of rotatable bonds is 4. The Labute approximate surface area is 142 Å². The Kier molecular flexibility index (Phi) is 4.38. The highest BCUT2D eigenvalue weighted by Crippen LogP contribution is 2.33. The third kappa shape index (κ3) is 2.98. The molecule has 1 aromatic carbocycles. The average molecular weight is 328 g/mol. The fraction of sp³-hybridized carbons (Fsp3) is 0.556. The van der Waals surface area contributed by atoms with Crippen LogP contribution < -0.4 is 14.8 Å². The topological polar surface area (TPSA) is 61.2 Å². The Bertz CT molecular complexity index is 700. The van der Waals surface area contributed by atoms with E-state index in [2.05, 4.69) is 33.1 Å².